The number of hydrogen-bond donors (Lipinski definition) is 0. The summed E-state index contributed by atoms with van der Waals surface area (Å²) in [5, 5.41) is 0. The third-order valence-corrected chi connectivity index (χ3v) is 1.04. The van der Waals surface area contributed by atoms with E-state index in [0.717, 1.165) is 26.0 Å². The molecule has 3 nitrogen and oxygen atoms in total. The minimum atomic E-state index is 0.720. The van der Waals surface area contributed by atoms with Crippen LogP contribution in [0, 0.1) is 0 Å². The molecule has 0 aliphatic carbocycles. The summed E-state index contributed by atoms with van der Waals surface area (Å²) in [6.07, 6.45) is 1.72. The van der Waals surface area contributed by atoms with Crippen LogP contribution in [0.5, 0.6) is 0 Å². The van der Waals surface area contributed by atoms with Crippen LogP contribution < -0.4 is 0 Å². The van der Waals surface area contributed by atoms with Crippen molar-refractivity contribution in [2.75, 3.05) is 27.3 Å². The van der Waals surface area contributed by atoms with Gasteiger partial charge < -0.3 is 9.64 Å². The van der Waals surface area contributed by atoms with E-state index >= 15 is 0 Å². The summed E-state index contributed by atoms with van der Waals surface area (Å²) in [5.74, 6) is 0. The number of hydrogen-bond acceptors (Lipinski definition) is 2. The van der Waals surface area contributed by atoms with Gasteiger partial charge in [0.25, 0.3) is 0 Å². The molecule has 0 aromatic heterocycles. The van der Waals surface area contributed by atoms with Crippen LogP contribution in [0.25, 0.3) is 0 Å². The normalized spacial score (nSPS) is 9.11. The molecule has 0 heterocycles. The lowest BCUT2D eigenvalue weighted by molar-refractivity contribution is -0.117. The molecule has 0 N–H and O–H groups in total. The number of nitrogens with zero attached hydrogens (tertiary/aromatic N) is 1. The van der Waals surface area contributed by atoms with E-state index in [1.165, 1.54) is 0 Å². The molecule has 0 radical (unpaired) electrons. The van der Waals surface area contributed by atoms with E-state index < -0.39 is 0 Å². The van der Waals surface area contributed by atoms with Gasteiger partial charge in [-0.05, 0) is 6.42 Å². The minimum absolute atomic E-state index is 0.720. The Labute approximate surface area is 55.6 Å². The highest BCUT2D eigenvalue weighted by Crippen LogP contribution is 1.82. The lowest BCUT2D eigenvalue weighted by atomic mass is 10.4. The number of amides is 1. The zero-order valence-corrected chi connectivity index (χ0v) is 5.96. The van der Waals surface area contributed by atoms with Gasteiger partial charge in [0.15, 0.2) is 0 Å². The molecule has 0 aliphatic heterocycles. The second-order valence-electron chi connectivity index (χ2n) is 1.93. The van der Waals surface area contributed by atoms with Gasteiger partial charge in [-0.15, -0.1) is 0 Å². The fourth-order valence-electron chi connectivity index (χ4n) is 0.511. The predicted octanol–water partition coefficient (Wildman–Crippen LogP) is 0.111. The molecule has 3 heteroatoms. The lowest BCUT2D eigenvalue weighted by Gasteiger charge is -2.08. The number of carbonyl (C=O) groups is 1. The summed E-state index contributed by atoms with van der Waals surface area (Å²) in [7, 11) is 3.41. The molecule has 0 aromatic carbocycles. The first-order chi connectivity index (χ1) is 4.31. The van der Waals surface area contributed by atoms with Crippen LogP contribution in [0.2, 0.25) is 0 Å². The average molecular weight is 131 g/mol. The van der Waals surface area contributed by atoms with Gasteiger partial charge >= 0.3 is 0 Å². The second-order valence-corrected chi connectivity index (χ2v) is 1.93. The molecular weight excluding hydrogens is 118 g/mol. The third kappa shape index (κ3) is 5.30. The largest absolute Gasteiger partial charge is 0.385 e. The van der Waals surface area contributed by atoms with Crippen molar-refractivity contribution in [3.8, 4) is 0 Å². The molecule has 0 atom stereocenters. The Morgan fingerprint density at radius 3 is 2.78 bits per heavy atom. The van der Waals surface area contributed by atoms with Crippen LogP contribution in [-0.2, 0) is 9.53 Å². The average Bonchev–Trinajstić information content (AvgIpc) is 1.89. The van der Waals surface area contributed by atoms with Gasteiger partial charge in [0.2, 0.25) is 6.41 Å². The molecule has 9 heavy (non-hydrogen) atoms. The molecule has 0 rings (SSSR count). The highest BCUT2D eigenvalue weighted by atomic mass is 16.5. The first-order valence-electron chi connectivity index (χ1n) is 2.95. The van der Waals surface area contributed by atoms with Crippen molar-refractivity contribution in [2.24, 2.45) is 0 Å². The Hall–Kier alpha value is -0.570. The molecule has 0 aliphatic rings. The molecule has 54 valence electrons. The van der Waals surface area contributed by atoms with Crippen molar-refractivity contribution in [3.63, 3.8) is 0 Å². The van der Waals surface area contributed by atoms with Crippen LogP contribution in [0.3, 0.4) is 0 Å². The van der Waals surface area contributed by atoms with E-state index in [1.54, 1.807) is 19.1 Å². The third-order valence-electron chi connectivity index (χ3n) is 1.04. The summed E-state index contributed by atoms with van der Waals surface area (Å²) in [6.45, 7) is 1.50. The Kier molecular flexibility index (Phi) is 5.21. The van der Waals surface area contributed by atoms with E-state index in [9.17, 15) is 4.79 Å². The topological polar surface area (TPSA) is 29.5 Å². The van der Waals surface area contributed by atoms with Crippen molar-refractivity contribution >= 4 is 6.41 Å². The van der Waals surface area contributed by atoms with Crippen molar-refractivity contribution < 1.29 is 9.53 Å². The maximum atomic E-state index is 9.98. The van der Waals surface area contributed by atoms with Crippen LogP contribution in [0.15, 0.2) is 0 Å². The Bertz CT molecular complexity index is 75.5. The van der Waals surface area contributed by atoms with Gasteiger partial charge in [-0.25, -0.2) is 0 Å². The molecule has 0 aromatic rings. The van der Waals surface area contributed by atoms with Gasteiger partial charge in [-0.3, -0.25) is 4.79 Å². The van der Waals surface area contributed by atoms with Crippen LogP contribution in [0.4, 0.5) is 0 Å². The lowest BCUT2D eigenvalue weighted by Crippen LogP contribution is -2.18. The van der Waals surface area contributed by atoms with Crippen molar-refractivity contribution in [3.05, 3.63) is 0 Å². The molecule has 0 saturated heterocycles. The van der Waals surface area contributed by atoms with Crippen molar-refractivity contribution in [2.45, 2.75) is 6.42 Å². The summed E-state index contributed by atoms with van der Waals surface area (Å²) in [6, 6.07) is 0. The van der Waals surface area contributed by atoms with E-state index in [1.807, 2.05) is 0 Å². The fraction of sp³-hybridized carbons (Fsp3) is 0.833. The first kappa shape index (κ1) is 8.43. The van der Waals surface area contributed by atoms with Crippen molar-refractivity contribution in [1.29, 1.82) is 0 Å². The molecule has 0 spiro atoms. The van der Waals surface area contributed by atoms with Gasteiger partial charge in [0, 0.05) is 27.3 Å². The molecule has 0 bridgehead atoms. The number of carbonyl (C=O) groups excluding carboxylic acids is 1. The van der Waals surface area contributed by atoms with E-state index in [4.69, 9.17) is 4.74 Å². The van der Waals surface area contributed by atoms with E-state index in [2.05, 4.69) is 0 Å². The Morgan fingerprint density at radius 2 is 2.33 bits per heavy atom. The van der Waals surface area contributed by atoms with Gasteiger partial charge in [0.05, 0.1) is 0 Å². The van der Waals surface area contributed by atoms with E-state index in [-0.39, 0.29) is 0 Å². The standard InChI is InChI=1S/C6H13NO2/c1-7(6-8)4-3-5-9-2/h6H,3-5H2,1-2H3. The summed E-state index contributed by atoms with van der Waals surface area (Å²) >= 11 is 0. The molecular formula is C6H13NO2. The maximum Gasteiger partial charge on any atom is 0.209 e. The summed E-state index contributed by atoms with van der Waals surface area (Å²) < 4.78 is 4.79. The minimum Gasteiger partial charge on any atom is -0.385 e. The van der Waals surface area contributed by atoms with Gasteiger partial charge in [-0.2, -0.15) is 0 Å². The Morgan fingerprint density at radius 1 is 1.67 bits per heavy atom. The highest BCUT2D eigenvalue weighted by molar-refractivity contribution is 5.46. The summed E-state index contributed by atoms with van der Waals surface area (Å²) in [4.78, 5) is 11.6. The molecule has 0 unspecified atom stereocenters. The first-order valence-corrected chi connectivity index (χ1v) is 2.95. The van der Waals surface area contributed by atoms with Crippen LogP contribution >= 0.6 is 0 Å². The SMILES string of the molecule is COCCCN(C)C=O. The number of methoxy groups -OCH3 is 1. The smallest absolute Gasteiger partial charge is 0.209 e. The maximum absolute atomic E-state index is 9.98. The second kappa shape index (κ2) is 5.56. The highest BCUT2D eigenvalue weighted by Gasteiger charge is 1.90. The zero-order valence-electron chi connectivity index (χ0n) is 5.96. The number of ether oxygens (including phenoxy) is 1. The molecule has 0 saturated carbocycles. The Balaban J connectivity index is 2.96. The number of rotatable bonds is 5. The quantitative estimate of drug-likeness (QED) is 0.391. The van der Waals surface area contributed by atoms with E-state index in [0.29, 0.717) is 0 Å². The van der Waals surface area contributed by atoms with Gasteiger partial charge in [-0.1, -0.05) is 0 Å². The van der Waals surface area contributed by atoms with Crippen LogP contribution in [-0.4, -0.2) is 38.6 Å². The predicted molar refractivity (Wildman–Crippen MR) is 35.2 cm³/mol. The summed E-state index contributed by atoms with van der Waals surface area (Å²) in [5.41, 5.74) is 0. The molecule has 0 fully saturated rings. The fourth-order valence-corrected chi connectivity index (χ4v) is 0.511. The van der Waals surface area contributed by atoms with Crippen molar-refractivity contribution in [1.82, 2.24) is 4.90 Å². The van der Waals surface area contributed by atoms with Crippen LogP contribution in [0.1, 0.15) is 6.42 Å². The van der Waals surface area contributed by atoms with Gasteiger partial charge in [0.1, 0.15) is 0 Å². The monoisotopic (exact) mass is 131 g/mol. The zero-order chi connectivity index (χ0) is 7.11. The molecule has 1 amide bonds.